The van der Waals surface area contributed by atoms with Crippen molar-refractivity contribution in [1.82, 2.24) is 14.4 Å². The molecule has 0 aliphatic carbocycles. The van der Waals surface area contributed by atoms with Gasteiger partial charge in [-0.05, 0) is 35.4 Å². The Labute approximate surface area is 220 Å². The largest absolute Gasteiger partial charge is 0.497 e. The first kappa shape index (κ1) is 28.0. The lowest BCUT2D eigenvalue weighted by Gasteiger charge is -2.31. The van der Waals surface area contributed by atoms with Crippen molar-refractivity contribution in [3.8, 4) is 5.75 Å². The van der Waals surface area contributed by atoms with Crippen LogP contribution >= 0.6 is 0 Å². The molecule has 3 aromatic rings. The van der Waals surface area contributed by atoms with Gasteiger partial charge in [0.25, 0.3) is 0 Å². The lowest BCUT2D eigenvalue weighted by Crippen LogP contribution is -2.47. The summed E-state index contributed by atoms with van der Waals surface area (Å²) in [6.45, 7) is 7.88. The Hall–Kier alpha value is -3.58. The molecule has 2 amide bonds. The monoisotopic (exact) mass is 505 g/mol. The maximum atomic E-state index is 13.7. The van der Waals surface area contributed by atoms with Crippen LogP contribution in [-0.4, -0.2) is 60.1 Å². The quantitative estimate of drug-likeness (QED) is 0.361. The van der Waals surface area contributed by atoms with E-state index in [0.717, 1.165) is 22.6 Å². The zero-order valence-electron chi connectivity index (χ0n) is 22.6. The minimum atomic E-state index is -0.594. The number of carbonyl (C=O) groups excluding carboxylic acids is 2. The molecule has 37 heavy (non-hydrogen) atoms. The van der Waals surface area contributed by atoms with Gasteiger partial charge in [-0.1, -0.05) is 63.2 Å². The molecule has 2 aromatic carbocycles. The molecule has 1 aromatic heterocycles. The summed E-state index contributed by atoms with van der Waals surface area (Å²) in [5, 5.41) is 0. The molecule has 0 spiro atoms. The highest BCUT2D eigenvalue weighted by atomic mass is 16.5. The van der Waals surface area contributed by atoms with Gasteiger partial charge >= 0.3 is 0 Å². The molecule has 198 valence electrons. The summed E-state index contributed by atoms with van der Waals surface area (Å²) >= 11 is 0. The van der Waals surface area contributed by atoms with Crippen molar-refractivity contribution < 1.29 is 19.1 Å². The topological polar surface area (TPSA) is 64.0 Å². The number of rotatable bonds is 12. The van der Waals surface area contributed by atoms with E-state index < -0.39 is 5.41 Å². The molecule has 0 saturated carbocycles. The first-order valence-corrected chi connectivity index (χ1v) is 12.6. The molecule has 0 radical (unpaired) electrons. The summed E-state index contributed by atoms with van der Waals surface area (Å²) in [6, 6.07) is 21.9. The van der Waals surface area contributed by atoms with Crippen LogP contribution in [0.5, 0.6) is 5.75 Å². The molecule has 0 fully saturated rings. The summed E-state index contributed by atoms with van der Waals surface area (Å²) in [4.78, 5) is 30.2. The molecule has 0 aliphatic rings. The number of methoxy groups -OCH3 is 2. The lowest BCUT2D eigenvalue weighted by molar-refractivity contribution is -0.146. The van der Waals surface area contributed by atoms with Crippen molar-refractivity contribution in [2.24, 2.45) is 5.41 Å². The standard InChI is InChI=1S/C30H39N3O4/c1-30(2,3)29(35)32(17-18-36-4)23-28(34)33(20-24-11-7-6-8-12-24)22-26-14-10-16-31(26)21-25-13-9-15-27(19-25)37-5/h6-16,19H,17-18,20-23H2,1-5H3. The van der Waals surface area contributed by atoms with Crippen LogP contribution in [0, 0.1) is 5.41 Å². The van der Waals surface area contributed by atoms with Gasteiger partial charge in [0.2, 0.25) is 11.8 Å². The smallest absolute Gasteiger partial charge is 0.242 e. The van der Waals surface area contributed by atoms with Gasteiger partial charge in [0, 0.05) is 44.0 Å². The number of nitrogens with zero attached hydrogens (tertiary/aromatic N) is 3. The molecular formula is C30H39N3O4. The second kappa shape index (κ2) is 13.1. The highest BCUT2D eigenvalue weighted by Crippen LogP contribution is 2.19. The molecule has 0 bridgehead atoms. The molecule has 7 heteroatoms. The van der Waals surface area contributed by atoms with Crippen LogP contribution in [0.15, 0.2) is 72.9 Å². The van der Waals surface area contributed by atoms with Crippen LogP contribution in [0.25, 0.3) is 0 Å². The molecule has 0 saturated heterocycles. The van der Waals surface area contributed by atoms with Gasteiger partial charge in [0.1, 0.15) is 5.75 Å². The van der Waals surface area contributed by atoms with E-state index in [9.17, 15) is 9.59 Å². The van der Waals surface area contributed by atoms with Gasteiger partial charge in [0.05, 0.1) is 26.8 Å². The molecule has 3 rings (SSSR count). The number of carbonyl (C=O) groups is 2. The van der Waals surface area contributed by atoms with Crippen molar-refractivity contribution in [3.05, 3.63) is 89.7 Å². The highest BCUT2D eigenvalue weighted by molar-refractivity contribution is 5.87. The number of benzene rings is 2. The fourth-order valence-electron chi connectivity index (χ4n) is 4.14. The zero-order chi connectivity index (χ0) is 26.8. The number of amides is 2. The molecule has 7 nitrogen and oxygen atoms in total. The molecule has 0 aliphatic heterocycles. The van der Waals surface area contributed by atoms with E-state index >= 15 is 0 Å². The van der Waals surface area contributed by atoms with E-state index in [1.165, 1.54) is 0 Å². The average molecular weight is 506 g/mol. The normalized spacial score (nSPS) is 11.3. The van der Waals surface area contributed by atoms with Crippen LogP contribution in [-0.2, 0) is 34.0 Å². The van der Waals surface area contributed by atoms with Gasteiger partial charge in [-0.25, -0.2) is 0 Å². The maximum Gasteiger partial charge on any atom is 0.242 e. The van der Waals surface area contributed by atoms with Crippen LogP contribution in [0.3, 0.4) is 0 Å². The van der Waals surface area contributed by atoms with E-state index in [4.69, 9.17) is 9.47 Å². The van der Waals surface area contributed by atoms with E-state index in [0.29, 0.717) is 32.8 Å². The summed E-state index contributed by atoms with van der Waals surface area (Å²) < 4.78 is 12.7. The van der Waals surface area contributed by atoms with E-state index in [2.05, 4.69) is 10.6 Å². The molecular weight excluding hydrogens is 466 g/mol. The van der Waals surface area contributed by atoms with Crippen LogP contribution in [0.4, 0.5) is 0 Å². The minimum Gasteiger partial charge on any atom is -0.497 e. The van der Waals surface area contributed by atoms with Crippen LogP contribution in [0.1, 0.15) is 37.6 Å². The van der Waals surface area contributed by atoms with E-state index in [1.54, 1.807) is 19.1 Å². The fraction of sp³-hybridized carbons (Fsp3) is 0.400. The Balaban J connectivity index is 1.83. The number of aromatic nitrogens is 1. The number of hydrogen-bond acceptors (Lipinski definition) is 4. The van der Waals surface area contributed by atoms with Gasteiger partial charge in [-0.2, -0.15) is 0 Å². The Morgan fingerprint density at radius 2 is 1.59 bits per heavy atom. The minimum absolute atomic E-state index is 0.00287. The third-order valence-electron chi connectivity index (χ3n) is 6.15. The summed E-state index contributed by atoms with van der Waals surface area (Å²) in [7, 11) is 3.26. The highest BCUT2D eigenvalue weighted by Gasteiger charge is 2.30. The molecule has 0 atom stereocenters. The zero-order valence-corrected chi connectivity index (χ0v) is 22.6. The lowest BCUT2D eigenvalue weighted by atomic mass is 9.94. The Morgan fingerprint density at radius 3 is 2.27 bits per heavy atom. The molecule has 1 heterocycles. The van der Waals surface area contributed by atoms with Crippen LogP contribution in [0.2, 0.25) is 0 Å². The van der Waals surface area contributed by atoms with Crippen molar-refractivity contribution in [2.75, 3.05) is 33.9 Å². The van der Waals surface area contributed by atoms with E-state index in [1.807, 2.05) is 92.5 Å². The Bertz CT molecular complexity index is 1150. The van der Waals surface area contributed by atoms with Crippen molar-refractivity contribution >= 4 is 11.8 Å². The average Bonchev–Trinajstić information content (AvgIpc) is 3.32. The second-order valence-electron chi connectivity index (χ2n) is 10.2. The Kier molecular flexibility index (Phi) is 9.92. The van der Waals surface area contributed by atoms with Crippen molar-refractivity contribution in [3.63, 3.8) is 0 Å². The van der Waals surface area contributed by atoms with Crippen LogP contribution < -0.4 is 4.74 Å². The fourth-order valence-corrected chi connectivity index (χ4v) is 4.14. The summed E-state index contributed by atoms with van der Waals surface area (Å²) in [5.41, 5.74) is 2.56. The van der Waals surface area contributed by atoms with Gasteiger partial charge < -0.3 is 23.8 Å². The number of hydrogen-bond donors (Lipinski definition) is 0. The third-order valence-corrected chi connectivity index (χ3v) is 6.15. The molecule has 0 N–H and O–H groups in total. The van der Waals surface area contributed by atoms with Gasteiger partial charge in [-0.15, -0.1) is 0 Å². The third kappa shape index (κ3) is 8.22. The summed E-state index contributed by atoms with van der Waals surface area (Å²) in [6.07, 6.45) is 2.02. The predicted octanol–water partition coefficient (Wildman–Crippen LogP) is 4.59. The molecule has 0 unspecified atom stereocenters. The van der Waals surface area contributed by atoms with Gasteiger partial charge in [-0.3, -0.25) is 9.59 Å². The summed E-state index contributed by atoms with van der Waals surface area (Å²) in [5.74, 6) is 0.636. The first-order chi connectivity index (χ1) is 17.7. The second-order valence-corrected chi connectivity index (χ2v) is 10.2. The van der Waals surface area contributed by atoms with Crippen molar-refractivity contribution in [2.45, 2.75) is 40.4 Å². The van der Waals surface area contributed by atoms with Crippen molar-refractivity contribution in [1.29, 1.82) is 0 Å². The SMILES string of the molecule is COCCN(CC(=O)N(Cc1ccccc1)Cc1cccn1Cc1cccc(OC)c1)C(=O)C(C)(C)C. The number of ether oxygens (including phenoxy) is 2. The predicted molar refractivity (Wildman–Crippen MR) is 145 cm³/mol. The Morgan fingerprint density at radius 1 is 0.865 bits per heavy atom. The maximum absolute atomic E-state index is 13.7. The van der Waals surface area contributed by atoms with Gasteiger partial charge in [0.15, 0.2) is 0 Å². The van der Waals surface area contributed by atoms with E-state index in [-0.39, 0.29) is 18.4 Å². The first-order valence-electron chi connectivity index (χ1n) is 12.6.